The highest BCUT2D eigenvalue weighted by Crippen LogP contribution is 2.21. The zero-order valence-corrected chi connectivity index (χ0v) is 20.6. The Hall–Kier alpha value is -4.24. The SMILES string of the molecule is COc1ccc(CN(Cc2cc3c(C)cc(C)cc3[nH]c2=O)Cc2nnnn2Cc2ccco2)cc1. The number of aryl methyl sites for hydroxylation is 2. The van der Waals surface area contributed by atoms with Gasteiger partial charge in [-0.05, 0) is 77.4 Å². The molecule has 0 saturated carbocycles. The van der Waals surface area contributed by atoms with Crippen molar-refractivity contribution in [2.24, 2.45) is 0 Å². The highest BCUT2D eigenvalue weighted by atomic mass is 16.5. The van der Waals surface area contributed by atoms with Crippen LogP contribution in [0.2, 0.25) is 0 Å². The van der Waals surface area contributed by atoms with Crippen LogP contribution in [0.15, 0.2) is 70.1 Å². The summed E-state index contributed by atoms with van der Waals surface area (Å²) in [5.41, 5.74) is 4.78. The van der Waals surface area contributed by atoms with Gasteiger partial charge in [0.25, 0.3) is 5.56 Å². The van der Waals surface area contributed by atoms with Crippen molar-refractivity contribution in [3.63, 3.8) is 0 Å². The van der Waals surface area contributed by atoms with Crippen LogP contribution in [0.3, 0.4) is 0 Å². The van der Waals surface area contributed by atoms with Gasteiger partial charge in [0, 0.05) is 29.6 Å². The molecule has 0 amide bonds. The molecule has 0 spiro atoms. The lowest BCUT2D eigenvalue weighted by molar-refractivity contribution is 0.235. The fraction of sp³-hybridized carbons (Fsp3) is 0.259. The first-order chi connectivity index (χ1) is 17.5. The quantitative estimate of drug-likeness (QED) is 0.338. The van der Waals surface area contributed by atoms with Crippen LogP contribution in [0.4, 0.5) is 0 Å². The van der Waals surface area contributed by atoms with Crippen molar-refractivity contribution in [3.8, 4) is 5.75 Å². The zero-order valence-electron chi connectivity index (χ0n) is 20.6. The van der Waals surface area contributed by atoms with Crippen LogP contribution in [0, 0.1) is 13.8 Å². The Balaban J connectivity index is 1.46. The summed E-state index contributed by atoms with van der Waals surface area (Å²) < 4.78 is 12.5. The number of ether oxygens (including phenoxy) is 1. The van der Waals surface area contributed by atoms with E-state index in [9.17, 15) is 4.79 Å². The average Bonchev–Trinajstić information content (AvgIpc) is 3.53. The van der Waals surface area contributed by atoms with E-state index in [1.807, 2.05) is 55.5 Å². The minimum Gasteiger partial charge on any atom is -0.497 e. The van der Waals surface area contributed by atoms with Crippen LogP contribution in [0.25, 0.3) is 10.9 Å². The van der Waals surface area contributed by atoms with Gasteiger partial charge in [-0.1, -0.05) is 18.2 Å². The number of rotatable bonds is 9. The van der Waals surface area contributed by atoms with Gasteiger partial charge in [-0.2, -0.15) is 0 Å². The van der Waals surface area contributed by atoms with Gasteiger partial charge in [0.15, 0.2) is 5.82 Å². The van der Waals surface area contributed by atoms with E-state index in [2.05, 4.69) is 38.4 Å². The van der Waals surface area contributed by atoms with E-state index in [1.54, 1.807) is 18.1 Å². The third kappa shape index (κ3) is 5.21. The van der Waals surface area contributed by atoms with Crippen LogP contribution in [-0.2, 0) is 26.2 Å². The van der Waals surface area contributed by atoms with E-state index in [4.69, 9.17) is 9.15 Å². The van der Waals surface area contributed by atoms with Gasteiger partial charge in [0.2, 0.25) is 0 Å². The number of aromatic nitrogens is 5. The number of tetrazole rings is 1. The Morgan fingerprint density at radius 2 is 1.89 bits per heavy atom. The molecule has 0 aliphatic rings. The van der Waals surface area contributed by atoms with Gasteiger partial charge >= 0.3 is 0 Å². The minimum atomic E-state index is -0.0950. The number of nitrogens with one attached hydrogen (secondary N) is 1. The van der Waals surface area contributed by atoms with Gasteiger partial charge in [0.05, 0.1) is 19.9 Å². The number of H-pyrrole nitrogens is 1. The zero-order chi connectivity index (χ0) is 25.1. The smallest absolute Gasteiger partial charge is 0.252 e. The van der Waals surface area contributed by atoms with E-state index in [0.29, 0.717) is 37.6 Å². The Morgan fingerprint density at radius 1 is 1.06 bits per heavy atom. The van der Waals surface area contributed by atoms with E-state index >= 15 is 0 Å². The number of hydrogen-bond acceptors (Lipinski definition) is 7. The lowest BCUT2D eigenvalue weighted by Crippen LogP contribution is -2.28. The van der Waals surface area contributed by atoms with Crippen molar-refractivity contribution < 1.29 is 9.15 Å². The van der Waals surface area contributed by atoms with E-state index in [-0.39, 0.29) is 5.56 Å². The van der Waals surface area contributed by atoms with Crippen molar-refractivity contribution in [1.29, 1.82) is 0 Å². The number of pyridine rings is 1. The molecule has 3 heterocycles. The van der Waals surface area contributed by atoms with E-state index < -0.39 is 0 Å². The molecular weight excluding hydrogens is 456 g/mol. The molecule has 184 valence electrons. The predicted octanol–water partition coefficient (Wildman–Crippen LogP) is 3.98. The summed E-state index contributed by atoms with van der Waals surface area (Å²) in [5, 5.41) is 13.3. The molecular formula is C27H28N6O3. The molecule has 2 aromatic carbocycles. The Bertz CT molecular complexity index is 1520. The van der Waals surface area contributed by atoms with Crippen LogP contribution in [-0.4, -0.2) is 37.2 Å². The second-order valence-corrected chi connectivity index (χ2v) is 8.99. The molecule has 0 aliphatic heterocycles. The molecule has 5 aromatic rings. The van der Waals surface area contributed by atoms with Gasteiger partial charge in [-0.25, -0.2) is 4.68 Å². The first-order valence-electron chi connectivity index (χ1n) is 11.7. The molecule has 9 nitrogen and oxygen atoms in total. The number of aromatic amines is 1. The molecule has 9 heteroatoms. The summed E-state index contributed by atoms with van der Waals surface area (Å²) in [5.74, 6) is 2.25. The van der Waals surface area contributed by atoms with E-state index in [0.717, 1.165) is 39.1 Å². The number of nitrogens with zero attached hydrogens (tertiary/aromatic N) is 5. The summed E-state index contributed by atoms with van der Waals surface area (Å²) in [6.45, 7) is 6.00. The summed E-state index contributed by atoms with van der Waals surface area (Å²) in [7, 11) is 1.65. The van der Waals surface area contributed by atoms with Crippen molar-refractivity contribution in [3.05, 3.63) is 105 Å². The molecule has 36 heavy (non-hydrogen) atoms. The van der Waals surface area contributed by atoms with Crippen molar-refractivity contribution in [2.45, 2.75) is 40.0 Å². The van der Waals surface area contributed by atoms with Crippen LogP contribution in [0.1, 0.15) is 33.8 Å². The molecule has 0 aliphatic carbocycles. The summed E-state index contributed by atoms with van der Waals surface area (Å²) in [6, 6.07) is 17.8. The molecule has 0 fully saturated rings. The second kappa shape index (κ2) is 10.2. The highest BCUT2D eigenvalue weighted by Gasteiger charge is 2.17. The largest absolute Gasteiger partial charge is 0.497 e. The number of methoxy groups -OCH3 is 1. The van der Waals surface area contributed by atoms with Crippen molar-refractivity contribution >= 4 is 10.9 Å². The summed E-state index contributed by atoms with van der Waals surface area (Å²) >= 11 is 0. The van der Waals surface area contributed by atoms with Gasteiger partial charge < -0.3 is 14.1 Å². The number of hydrogen-bond donors (Lipinski definition) is 1. The van der Waals surface area contributed by atoms with Gasteiger partial charge in [-0.15, -0.1) is 5.10 Å². The number of benzene rings is 2. The molecule has 0 bridgehead atoms. The number of fused-ring (bicyclic) bond motifs is 1. The molecule has 1 N–H and O–H groups in total. The first-order valence-corrected chi connectivity index (χ1v) is 11.7. The third-order valence-electron chi connectivity index (χ3n) is 6.21. The Morgan fingerprint density at radius 3 is 2.64 bits per heavy atom. The van der Waals surface area contributed by atoms with Crippen LogP contribution >= 0.6 is 0 Å². The molecule has 0 saturated heterocycles. The first kappa shape index (κ1) is 23.5. The number of furan rings is 1. The normalized spacial score (nSPS) is 11.4. The molecule has 0 unspecified atom stereocenters. The topological polar surface area (TPSA) is 102 Å². The Kier molecular flexibility index (Phi) is 6.64. The fourth-order valence-electron chi connectivity index (χ4n) is 4.44. The monoisotopic (exact) mass is 484 g/mol. The van der Waals surface area contributed by atoms with E-state index in [1.165, 1.54) is 0 Å². The molecule has 0 radical (unpaired) electrons. The van der Waals surface area contributed by atoms with Gasteiger partial charge in [0.1, 0.15) is 18.1 Å². The highest BCUT2D eigenvalue weighted by molar-refractivity contribution is 5.83. The lowest BCUT2D eigenvalue weighted by Gasteiger charge is -2.22. The maximum atomic E-state index is 13.1. The standard InChI is InChI=1S/C27H28N6O3/c1-18-11-19(2)24-13-21(27(34)28-25(24)12-18)15-32(14-20-6-8-22(35-3)9-7-20)17-26-29-30-31-33(26)16-23-5-4-10-36-23/h4-13H,14-17H2,1-3H3,(H,28,34). The summed E-state index contributed by atoms with van der Waals surface area (Å²) in [4.78, 5) is 18.3. The Labute approximate surface area is 208 Å². The van der Waals surface area contributed by atoms with Crippen molar-refractivity contribution in [2.75, 3.05) is 7.11 Å². The molecule has 3 aromatic heterocycles. The van der Waals surface area contributed by atoms with Crippen molar-refractivity contribution in [1.82, 2.24) is 30.1 Å². The maximum absolute atomic E-state index is 13.1. The minimum absolute atomic E-state index is 0.0950. The third-order valence-corrected chi connectivity index (χ3v) is 6.21. The fourth-order valence-corrected chi connectivity index (χ4v) is 4.44. The second-order valence-electron chi connectivity index (χ2n) is 8.99. The lowest BCUT2D eigenvalue weighted by atomic mass is 10.0. The summed E-state index contributed by atoms with van der Waals surface area (Å²) in [6.07, 6.45) is 1.63. The van der Waals surface area contributed by atoms with Gasteiger partial charge in [-0.3, -0.25) is 9.69 Å². The average molecular weight is 485 g/mol. The van der Waals surface area contributed by atoms with Crippen LogP contribution in [0.5, 0.6) is 5.75 Å². The molecule has 5 rings (SSSR count). The molecule has 0 atom stereocenters. The van der Waals surface area contributed by atoms with Crippen LogP contribution < -0.4 is 10.3 Å². The predicted molar refractivity (Wildman–Crippen MR) is 136 cm³/mol. The maximum Gasteiger partial charge on any atom is 0.252 e.